The number of nitrogens with one attached hydrogen (secondary N) is 1. The molecule has 0 saturated carbocycles. The van der Waals surface area contributed by atoms with Crippen LogP contribution in [0.3, 0.4) is 0 Å². The zero-order valence-electron chi connectivity index (χ0n) is 16.9. The van der Waals surface area contributed by atoms with Gasteiger partial charge in [0.05, 0.1) is 39.3 Å². The van der Waals surface area contributed by atoms with E-state index < -0.39 is 47.8 Å². The van der Waals surface area contributed by atoms with Crippen molar-refractivity contribution in [3.8, 4) is 11.5 Å². The Bertz CT molecular complexity index is 827. The summed E-state index contributed by atoms with van der Waals surface area (Å²) in [6, 6.07) is 4.33. The van der Waals surface area contributed by atoms with Crippen molar-refractivity contribution in [3.05, 3.63) is 23.8 Å². The number of hydrogen-bond acceptors (Lipinski definition) is 8. The van der Waals surface area contributed by atoms with E-state index in [2.05, 4.69) is 5.32 Å². The summed E-state index contributed by atoms with van der Waals surface area (Å²) >= 11 is 0. The molecule has 3 rings (SSSR count). The van der Waals surface area contributed by atoms with Crippen LogP contribution in [0, 0.1) is 11.8 Å². The van der Waals surface area contributed by atoms with Crippen LogP contribution in [0.2, 0.25) is 0 Å². The second-order valence-electron chi connectivity index (χ2n) is 7.00. The monoisotopic (exact) mass is 406 g/mol. The van der Waals surface area contributed by atoms with Crippen LogP contribution in [-0.4, -0.2) is 67.3 Å². The van der Waals surface area contributed by atoms with Gasteiger partial charge in [0.25, 0.3) is 0 Å². The number of fused-ring (bicyclic) bond motifs is 1. The molecule has 158 valence electrons. The lowest BCUT2D eigenvalue weighted by Gasteiger charge is -2.31. The quantitative estimate of drug-likeness (QED) is 0.490. The van der Waals surface area contributed by atoms with E-state index in [4.69, 9.17) is 14.2 Å². The average molecular weight is 406 g/mol. The van der Waals surface area contributed by atoms with Crippen LogP contribution in [0.15, 0.2) is 18.2 Å². The molecule has 1 aromatic carbocycles. The number of amides is 2. The molecule has 0 aromatic heterocycles. The predicted molar refractivity (Wildman–Crippen MR) is 101 cm³/mol. The highest BCUT2D eigenvalue weighted by Gasteiger charge is 2.68. The molecule has 0 bridgehead atoms. The van der Waals surface area contributed by atoms with E-state index in [9.17, 15) is 19.5 Å². The van der Waals surface area contributed by atoms with Gasteiger partial charge in [0, 0.05) is 18.2 Å². The Labute approximate surface area is 168 Å². The minimum atomic E-state index is -1.73. The molecule has 2 saturated heterocycles. The SMILES string of the molecule is CCOC(=O)C1(CO)NC(c2cc(OC)ccc2OC)C2C(=O)N(CC)C(=O)C21. The topological polar surface area (TPSA) is 114 Å². The number of carbonyl (C=O) groups excluding carboxylic acids is 3. The highest BCUT2D eigenvalue weighted by Crippen LogP contribution is 2.50. The first-order valence-electron chi connectivity index (χ1n) is 9.53. The first-order chi connectivity index (χ1) is 13.9. The molecule has 2 amide bonds. The lowest BCUT2D eigenvalue weighted by Crippen LogP contribution is -2.59. The highest BCUT2D eigenvalue weighted by atomic mass is 16.5. The third-order valence-corrected chi connectivity index (χ3v) is 5.72. The van der Waals surface area contributed by atoms with Gasteiger partial charge in [0.15, 0.2) is 5.54 Å². The largest absolute Gasteiger partial charge is 0.497 e. The van der Waals surface area contributed by atoms with E-state index >= 15 is 0 Å². The second-order valence-corrected chi connectivity index (χ2v) is 7.00. The third-order valence-electron chi connectivity index (χ3n) is 5.72. The van der Waals surface area contributed by atoms with Gasteiger partial charge in [-0.1, -0.05) is 0 Å². The maximum absolute atomic E-state index is 13.1. The molecule has 1 aromatic rings. The summed E-state index contributed by atoms with van der Waals surface area (Å²) in [7, 11) is 3.00. The Hall–Kier alpha value is -2.65. The number of aliphatic hydroxyl groups is 1. The average Bonchev–Trinajstić information content (AvgIpc) is 3.21. The number of nitrogens with zero attached hydrogens (tertiary/aromatic N) is 1. The fourth-order valence-corrected chi connectivity index (χ4v) is 4.38. The predicted octanol–water partition coefficient (Wildman–Crippen LogP) is 0.263. The van der Waals surface area contributed by atoms with Crippen molar-refractivity contribution in [2.45, 2.75) is 25.4 Å². The number of esters is 1. The summed E-state index contributed by atoms with van der Waals surface area (Å²) < 4.78 is 15.9. The molecule has 0 spiro atoms. The van der Waals surface area contributed by atoms with Crippen LogP contribution < -0.4 is 14.8 Å². The number of methoxy groups -OCH3 is 2. The third kappa shape index (κ3) is 3.05. The van der Waals surface area contributed by atoms with Gasteiger partial charge in [0.2, 0.25) is 11.8 Å². The summed E-state index contributed by atoms with van der Waals surface area (Å²) in [5.41, 5.74) is -1.17. The van der Waals surface area contributed by atoms with Crippen molar-refractivity contribution in [1.82, 2.24) is 10.2 Å². The molecule has 2 aliphatic rings. The highest BCUT2D eigenvalue weighted by molar-refractivity contribution is 6.09. The fraction of sp³-hybridized carbons (Fsp3) is 0.550. The van der Waals surface area contributed by atoms with E-state index in [1.54, 1.807) is 32.0 Å². The molecular weight excluding hydrogens is 380 g/mol. The summed E-state index contributed by atoms with van der Waals surface area (Å²) in [5, 5.41) is 13.3. The smallest absolute Gasteiger partial charge is 0.329 e. The summed E-state index contributed by atoms with van der Waals surface area (Å²) in [4.78, 5) is 40.2. The lowest BCUT2D eigenvalue weighted by molar-refractivity contribution is -0.158. The molecule has 4 unspecified atom stereocenters. The van der Waals surface area contributed by atoms with Gasteiger partial charge in [0.1, 0.15) is 11.5 Å². The number of carbonyl (C=O) groups is 3. The van der Waals surface area contributed by atoms with Crippen LogP contribution in [-0.2, 0) is 19.1 Å². The van der Waals surface area contributed by atoms with Crippen molar-refractivity contribution in [2.24, 2.45) is 11.8 Å². The van der Waals surface area contributed by atoms with Gasteiger partial charge in [-0.15, -0.1) is 0 Å². The van der Waals surface area contributed by atoms with Crippen LogP contribution in [0.1, 0.15) is 25.5 Å². The number of rotatable bonds is 7. The molecular formula is C20H26N2O7. The number of likely N-dealkylation sites (tertiary alicyclic amines) is 1. The lowest BCUT2D eigenvalue weighted by atomic mass is 9.79. The maximum Gasteiger partial charge on any atom is 0.329 e. The Morgan fingerprint density at radius 1 is 1.21 bits per heavy atom. The normalized spacial score (nSPS) is 28.4. The molecule has 9 nitrogen and oxygen atoms in total. The first kappa shape index (κ1) is 21.1. The summed E-state index contributed by atoms with van der Waals surface area (Å²) in [6.45, 7) is 2.89. The van der Waals surface area contributed by atoms with Crippen LogP contribution in [0.25, 0.3) is 0 Å². The van der Waals surface area contributed by atoms with Crippen molar-refractivity contribution >= 4 is 17.8 Å². The van der Waals surface area contributed by atoms with Gasteiger partial charge in [-0.25, -0.2) is 4.79 Å². The van der Waals surface area contributed by atoms with Crippen LogP contribution in [0.4, 0.5) is 0 Å². The molecule has 2 heterocycles. The summed E-state index contributed by atoms with van der Waals surface area (Å²) in [5.74, 6) is -2.64. The second kappa shape index (κ2) is 8.00. The Kier molecular flexibility index (Phi) is 5.81. The molecule has 2 aliphatic heterocycles. The van der Waals surface area contributed by atoms with E-state index in [1.165, 1.54) is 14.2 Å². The maximum atomic E-state index is 13.1. The molecule has 4 atom stereocenters. The van der Waals surface area contributed by atoms with E-state index in [0.29, 0.717) is 17.1 Å². The number of ether oxygens (including phenoxy) is 3. The minimum absolute atomic E-state index is 0.0758. The van der Waals surface area contributed by atoms with Gasteiger partial charge in [-0.05, 0) is 32.0 Å². The van der Waals surface area contributed by atoms with Crippen LogP contribution in [0.5, 0.6) is 11.5 Å². The van der Waals surface area contributed by atoms with Gasteiger partial charge in [-0.3, -0.25) is 19.8 Å². The van der Waals surface area contributed by atoms with Crippen molar-refractivity contribution in [3.63, 3.8) is 0 Å². The van der Waals surface area contributed by atoms with E-state index in [0.717, 1.165) is 4.90 Å². The number of imide groups is 1. The summed E-state index contributed by atoms with van der Waals surface area (Å²) in [6.07, 6.45) is 0. The Morgan fingerprint density at radius 2 is 1.93 bits per heavy atom. The van der Waals surface area contributed by atoms with Crippen molar-refractivity contribution in [2.75, 3.05) is 34.0 Å². The molecule has 0 radical (unpaired) electrons. The fourth-order valence-electron chi connectivity index (χ4n) is 4.38. The zero-order valence-corrected chi connectivity index (χ0v) is 16.9. The Balaban J connectivity index is 2.18. The number of benzene rings is 1. The molecule has 29 heavy (non-hydrogen) atoms. The number of aliphatic hydroxyl groups excluding tert-OH is 1. The molecule has 9 heteroatoms. The van der Waals surface area contributed by atoms with Gasteiger partial charge < -0.3 is 19.3 Å². The van der Waals surface area contributed by atoms with Crippen molar-refractivity contribution < 1.29 is 33.7 Å². The number of hydrogen-bond donors (Lipinski definition) is 2. The molecule has 2 fully saturated rings. The minimum Gasteiger partial charge on any atom is -0.497 e. The van der Waals surface area contributed by atoms with Crippen molar-refractivity contribution in [1.29, 1.82) is 0 Å². The standard InChI is InChI=1S/C20H26N2O7/c1-5-22-17(24)14-15(18(22)25)20(10-23,19(26)29-6-2)21-16(14)12-9-11(27-3)7-8-13(12)28-4/h7-9,14-16,21,23H,5-6,10H2,1-4H3. The van der Waals surface area contributed by atoms with Crippen LogP contribution >= 0.6 is 0 Å². The van der Waals surface area contributed by atoms with Gasteiger partial charge in [-0.2, -0.15) is 0 Å². The first-order valence-corrected chi connectivity index (χ1v) is 9.53. The van der Waals surface area contributed by atoms with E-state index in [1.807, 2.05) is 0 Å². The van der Waals surface area contributed by atoms with E-state index in [-0.39, 0.29) is 13.2 Å². The zero-order chi connectivity index (χ0) is 21.3. The Morgan fingerprint density at radius 3 is 2.48 bits per heavy atom. The van der Waals surface area contributed by atoms with Gasteiger partial charge >= 0.3 is 5.97 Å². The molecule has 2 N–H and O–H groups in total. The molecule has 0 aliphatic carbocycles.